The van der Waals surface area contributed by atoms with E-state index in [0.29, 0.717) is 5.75 Å². The van der Waals surface area contributed by atoms with E-state index in [1.165, 1.54) is 24.3 Å². The van der Waals surface area contributed by atoms with Crippen molar-refractivity contribution in [3.63, 3.8) is 0 Å². The van der Waals surface area contributed by atoms with Crippen LogP contribution < -0.4 is 4.74 Å². The fourth-order valence-corrected chi connectivity index (χ4v) is 1.22. The number of rotatable bonds is 5. The van der Waals surface area contributed by atoms with E-state index in [1.807, 2.05) is 0 Å². The van der Waals surface area contributed by atoms with E-state index in [1.54, 1.807) is 0 Å². The Kier molecular flexibility index (Phi) is 3.52. The molecule has 0 aliphatic carbocycles. The minimum atomic E-state index is -1.05. The van der Waals surface area contributed by atoms with Gasteiger partial charge in [-0.05, 0) is 24.3 Å². The number of aliphatic carboxylic acids is 1. The van der Waals surface area contributed by atoms with Gasteiger partial charge in [-0.15, -0.1) is 10.2 Å². The number of carbonyl (C=O) groups is 1. The molecule has 1 N–H and O–H groups in total. The van der Waals surface area contributed by atoms with Crippen molar-refractivity contribution in [2.24, 2.45) is 0 Å². The maximum Gasteiger partial charge on any atom is 0.312 e. The number of aromatic nitrogens is 2. The molecule has 0 saturated carbocycles. The van der Waals surface area contributed by atoms with E-state index in [2.05, 4.69) is 10.2 Å². The molecule has 0 aliphatic heterocycles. The summed E-state index contributed by atoms with van der Waals surface area (Å²) in [4.78, 5) is 10.4. The van der Waals surface area contributed by atoms with E-state index >= 15 is 0 Å². The topological polar surface area (TPSA) is 85.5 Å². The van der Waals surface area contributed by atoms with Gasteiger partial charge >= 0.3 is 5.97 Å². The Morgan fingerprint density at radius 2 is 1.94 bits per heavy atom. The van der Waals surface area contributed by atoms with E-state index in [0.717, 1.165) is 0 Å². The second-order valence-electron chi connectivity index (χ2n) is 3.40. The van der Waals surface area contributed by atoms with Crippen LogP contribution in [-0.4, -0.2) is 21.3 Å². The Hall–Kier alpha value is -2.44. The summed E-state index contributed by atoms with van der Waals surface area (Å²) in [6.07, 6.45) is -0.330. The van der Waals surface area contributed by atoms with Crippen molar-refractivity contribution < 1.29 is 23.4 Å². The first-order chi connectivity index (χ1) is 8.63. The predicted molar refractivity (Wildman–Crippen MR) is 56.4 cm³/mol. The zero-order valence-electron chi connectivity index (χ0n) is 9.17. The average Bonchev–Trinajstić information content (AvgIpc) is 2.75. The lowest BCUT2D eigenvalue weighted by Crippen LogP contribution is -1.99. The third kappa shape index (κ3) is 3.27. The molecule has 18 heavy (non-hydrogen) atoms. The number of benzene rings is 1. The highest BCUT2D eigenvalue weighted by atomic mass is 19.1. The Labute approximate surface area is 101 Å². The number of nitrogens with zero attached hydrogens (tertiary/aromatic N) is 2. The molecule has 6 nitrogen and oxygen atoms in total. The van der Waals surface area contributed by atoms with E-state index in [-0.39, 0.29) is 30.6 Å². The molecule has 0 bridgehead atoms. The highest BCUT2D eigenvalue weighted by molar-refractivity contribution is 5.68. The Morgan fingerprint density at radius 3 is 2.61 bits per heavy atom. The lowest BCUT2D eigenvalue weighted by molar-refractivity contribution is -0.136. The normalized spacial score (nSPS) is 10.3. The fraction of sp³-hybridized carbons (Fsp3) is 0.182. The first-order valence-electron chi connectivity index (χ1n) is 5.05. The monoisotopic (exact) mass is 252 g/mol. The average molecular weight is 252 g/mol. The summed E-state index contributed by atoms with van der Waals surface area (Å²) in [6, 6.07) is 5.45. The molecule has 1 aromatic carbocycles. The van der Waals surface area contributed by atoms with Gasteiger partial charge in [-0.1, -0.05) is 0 Å². The molecular weight excluding hydrogens is 243 g/mol. The Bertz CT molecular complexity index is 538. The molecule has 1 heterocycles. The van der Waals surface area contributed by atoms with E-state index < -0.39 is 5.97 Å². The first-order valence-corrected chi connectivity index (χ1v) is 5.05. The molecule has 0 aliphatic rings. The van der Waals surface area contributed by atoms with Gasteiger partial charge in [-0.3, -0.25) is 4.79 Å². The summed E-state index contributed by atoms with van der Waals surface area (Å²) in [7, 11) is 0. The van der Waals surface area contributed by atoms with Crippen LogP contribution in [0.2, 0.25) is 0 Å². The molecule has 0 spiro atoms. The van der Waals surface area contributed by atoms with Gasteiger partial charge < -0.3 is 14.3 Å². The zero-order chi connectivity index (χ0) is 13.0. The fourth-order valence-electron chi connectivity index (χ4n) is 1.22. The standard InChI is InChI=1S/C11H9FN2O4/c12-7-1-3-8(4-2-7)17-6-10-14-13-9(18-10)5-11(15)16/h1-4H,5-6H2,(H,15,16). The summed E-state index contributed by atoms with van der Waals surface area (Å²) >= 11 is 0. The summed E-state index contributed by atoms with van der Waals surface area (Å²) in [6.45, 7) is -0.00173. The van der Waals surface area contributed by atoms with Crippen LogP contribution >= 0.6 is 0 Å². The maximum absolute atomic E-state index is 12.6. The number of halogens is 1. The first kappa shape index (κ1) is 12.0. The molecule has 0 radical (unpaired) electrons. The highest BCUT2D eigenvalue weighted by Crippen LogP contribution is 2.13. The second-order valence-corrected chi connectivity index (χ2v) is 3.40. The molecular formula is C11H9FN2O4. The summed E-state index contributed by atoms with van der Waals surface area (Å²) in [5.41, 5.74) is 0. The smallest absolute Gasteiger partial charge is 0.312 e. The van der Waals surface area contributed by atoms with Crippen molar-refractivity contribution in [3.05, 3.63) is 41.9 Å². The van der Waals surface area contributed by atoms with Crippen LogP contribution in [-0.2, 0) is 17.8 Å². The molecule has 0 unspecified atom stereocenters. The summed E-state index contributed by atoms with van der Waals surface area (Å²) in [5.74, 6) is -0.779. The lowest BCUT2D eigenvalue weighted by Gasteiger charge is -2.01. The Balaban J connectivity index is 1.92. The second kappa shape index (κ2) is 5.26. The minimum absolute atomic E-state index is 0.00173. The molecule has 0 amide bonds. The lowest BCUT2D eigenvalue weighted by atomic mass is 10.3. The number of carboxylic acids is 1. The van der Waals surface area contributed by atoms with E-state index in [4.69, 9.17) is 14.3 Å². The molecule has 7 heteroatoms. The quantitative estimate of drug-likeness (QED) is 0.866. The van der Waals surface area contributed by atoms with Crippen LogP contribution in [0, 0.1) is 5.82 Å². The SMILES string of the molecule is O=C(O)Cc1nnc(COc2ccc(F)cc2)o1. The van der Waals surface area contributed by atoms with Gasteiger partial charge in [0.25, 0.3) is 5.89 Å². The summed E-state index contributed by atoms with van der Waals surface area (Å²) < 4.78 is 22.9. The minimum Gasteiger partial charge on any atom is -0.484 e. The molecule has 0 saturated heterocycles. The van der Waals surface area contributed by atoms with Crippen LogP contribution in [0.1, 0.15) is 11.8 Å². The molecule has 94 valence electrons. The predicted octanol–water partition coefficient (Wildman–Crippen LogP) is 1.41. The largest absolute Gasteiger partial charge is 0.484 e. The third-order valence-corrected chi connectivity index (χ3v) is 1.99. The Morgan fingerprint density at radius 1 is 1.28 bits per heavy atom. The van der Waals surface area contributed by atoms with Crippen molar-refractivity contribution in [2.75, 3.05) is 0 Å². The van der Waals surface area contributed by atoms with Gasteiger partial charge in [0.2, 0.25) is 5.89 Å². The van der Waals surface area contributed by atoms with Crippen LogP contribution in [0.5, 0.6) is 5.75 Å². The molecule has 0 atom stereocenters. The summed E-state index contributed by atoms with van der Waals surface area (Å²) in [5, 5.41) is 15.7. The number of ether oxygens (including phenoxy) is 1. The van der Waals surface area contributed by atoms with Gasteiger partial charge in [0.15, 0.2) is 6.61 Å². The highest BCUT2D eigenvalue weighted by Gasteiger charge is 2.10. The molecule has 0 fully saturated rings. The van der Waals surface area contributed by atoms with Crippen LogP contribution in [0.3, 0.4) is 0 Å². The number of hydrogen-bond acceptors (Lipinski definition) is 5. The van der Waals surface area contributed by atoms with Crippen LogP contribution in [0.4, 0.5) is 4.39 Å². The molecule has 2 rings (SSSR count). The zero-order valence-corrected chi connectivity index (χ0v) is 9.17. The molecule has 2 aromatic rings. The van der Waals surface area contributed by atoms with Gasteiger partial charge in [0.1, 0.15) is 18.0 Å². The number of hydrogen-bond donors (Lipinski definition) is 1. The number of carboxylic acid groups (broad SMARTS) is 1. The van der Waals surface area contributed by atoms with E-state index in [9.17, 15) is 9.18 Å². The van der Waals surface area contributed by atoms with Gasteiger partial charge in [0.05, 0.1) is 0 Å². The molecule has 1 aromatic heterocycles. The van der Waals surface area contributed by atoms with Gasteiger partial charge in [0, 0.05) is 0 Å². The van der Waals surface area contributed by atoms with Crippen molar-refractivity contribution in [2.45, 2.75) is 13.0 Å². The van der Waals surface area contributed by atoms with Crippen LogP contribution in [0.25, 0.3) is 0 Å². The third-order valence-electron chi connectivity index (χ3n) is 1.99. The van der Waals surface area contributed by atoms with Crippen molar-refractivity contribution >= 4 is 5.97 Å². The van der Waals surface area contributed by atoms with Gasteiger partial charge in [-0.25, -0.2) is 4.39 Å². The van der Waals surface area contributed by atoms with Gasteiger partial charge in [-0.2, -0.15) is 0 Å². The van der Waals surface area contributed by atoms with Crippen molar-refractivity contribution in [3.8, 4) is 5.75 Å². The maximum atomic E-state index is 12.6. The van der Waals surface area contributed by atoms with Crippen molar-refractivity contribution in [1.82, 2.24) is 10.2 Å². The van der Waals surface area contributed by atoms with Crippen molar-refractivity contribution in [1.29, 1.82) is 0 Å². The van der Waals surface area contributed by atoms with Crippen LogP contribution in [0.15, 0.2) is 28.7 Å².